The van der Waals surface area contributed by atoms with Gasteiger partial charge >= 0.3 is 0 Å². The van der Waals surface area contributed by atoms with Crippen molar-refractivity contribution in [3.05, 3.63) is 40.3 Å². The van der Waals surface area contributed by atoms with Crippen molar-refractivity contribution in [3.63, 3.8) is 0 Å². The van der Waals surface area contributed by atoms with Gasteiger partial charge in [0, 0.05) is 36.8 Å². The summed E-state index contributed by atoms with van der Waals surface area (Å²) in [5, 5.41) is 13.1. The van der Waals surface area contributed by atoms with Crippen LogP contribution in [0.25, 0.3) is 0 Å². The monoisotopic (exact) mass is 462 g/mol. The maximum absolute atomic E-state index is 4.65. The van der Waals surface area contributed by atoms with Crippen LogP contribution in [0, 0.1) is 0 Å². The Hall–Kier alpha value is -1.13. The van der Waals surface area contributed by atoms with Crippen LogP contribution < -0.4 is 10.6 Å². The maximum atomic E-state index is 4.65. The molecule has 6 nitrogen and oxygen atoms in total. The van der Waals surface area contributed by atoms with Gasteiger partial charge in [0.15, 0.2) is 5.96 Å². The molecule has 0 aromatic carbocycles. The van der Waals surface area contributed by atoms with Crippen molar-refractivity contribution in [1.29, 1.82) is 0 Å². The van der Waals surface area contributed by atoms with Crippen LogP contribution >= 0.6 is 35.3 Å². The molecule has 1 unspecified atom stereocenters. The molecule has 2 heterocycles. The zero-order valence-electron chi connectivity index (χ0n) is 14.7. The SMILES string of the molecule is CCNC(=NCc1cccs1)NCC(c1cnn(C)c1)N(C)C.I. The highest BCUT2D eigenvalue weighted by Crippen LogP contribution is 2.16. The summed E-state index contributed by atoms with van der Waals surface area (Å²) in [6.45, 7) is 4.39. The zero-order chi connectivity index (χ0) is 16.7. The second-order valence-electron chi connectivity index (χ2n) is 5.58. The second kappa shape index (κ2) is 10.7. The second-order valence-corrected chi connectivity index (χ2v) is 6.61. The van der Waals surface area contributed by atoms with Gasteiger partial charge in [-0.2, -0.15) is 5.10 Å². The van der Waals surface area contributed by atoms with Crippen molar-refractivity contribution >= 4 is 41.3 Å². The summed E-state index contributed by atoms with van der Waals surface area (Å²) in [5.74, 6) is 0.844. The zero-order valence-corrected chi connectivity index (χ0v) is 17.8. The molecule has 2 N–H and O–H groups in total. The summed E-state index contributed by atoms with van der Waals surface area (Å²) in [7, 11) is 6.10. The minimum absolute atomic E-state index is 0. The van der Waals surface area contributed by atoms with E-state index in [9.17, 15) is 0 Å². The molecule has 2 aromatic heterocycles. The number of aryl methyl sites for hydroxylation is 1. The number of thiophene rings is 1. The first-order valence-corrected chi connectivity index (χ1v) is 8.67. The molecule has 0 spiro atoms. The number of aromatic nitrogens is 2. The Kier molecular flexibility index (Phi) is 9.30. The predicted molar refractivity (Wildman–Crippen MR) is 112 cm³/mol. The van der Waals surface area contributed by atoms with Crippen LogP contribution in [0.3, 0.4) is 0 Å². The molecule has 1 atom stereocenters. The van der Waals surface area contributed by atoms with Gasteiger partial charge in [0.2, 0.25) is 0 Å². The summed E-state index contributed by atoms with van der Waals surface area (Å²) in [5.41, 5.74) is 1.19. The molecule has 0 radical (unpaired) electrons. The first kappa shape index (κ1) is 20.9. The van der Waals surface area contributed by atoms with Crippen molar-refractivity contribution in [2.24, 2.45) is 12.0 Å². The first-order chi connectivity index (χ1) is 11.1. The fraction of sp³-hybridized carbons (Fsp3) is 0.500. The Bertz CT molecular complexity index is 608. The molecule has 0 aliphatic carbocycles. The van der Waals surface area contributed by atoms with Crippen LogP contribution in [0.2, 0.25) is 0 Å². The van der Waals surface area contributed by atoms with Crippen molar-refractivity contribution in [1.82, 2.24) is 25.3 Å². The number of guanidine groups is 1. The molecular weight excluding hydrogens is 435 g/mol. The predicted octanol–water partition coefficient (Wildman–Crippen LogP) is 2.46. The van der Waals surface area contributed by atoms with E-state index < -0.39 is 0 Å². The normalized spacial score (nSPS) is 12.8. The van der Waals surface area contributed by atoms with Crippen LogP contribution in [0.4, 0.5) is 0 Å². The van der Waals surface area contributed by atoms with E-state index in [0.29, 0.717) is 6.54 Å². The summed E-state index contributed by atoms with van der Waals surface area (Å²) >= 11 is 1.73. The summed E-state index contributed by atoms with van der Waals surface area (Å²) < 4.78 is 1.84. The van der Waals surface area contributed by atoms with Gasteiger partial charge in [-0.05, 0) is 32.5 Å². The minimum atomic E-state index is 0. The molecule has 2 rings (SSSR count). The van der Waals surface area contributed by atoms with Crippen LogP contribution in [-0.4, -0.2) is 47.8 Å². The topological polar surface area (TPSA) is 57.5 Å². The average Bonchev–Trinajstić information content (AvgIpc) is 3.16. The van der Waals surface area contributed by atoms with E-state index in [1.54, 1.807) is 11.3 Å². The molecule has 0 saturated heterocycles. The molecule has 0 aliphatic heterocycles. The van der Waals surface area contributed by atoms with Crippen LogP contribution in [0.15, 0.2) is 34.9 Å². The Labute approximate surface area is 165 Å². The molecule has 0 amide bonds. The maximum Gasteiger partial charge on any atom is 0.191 e. The van der Waals surface area contributed by atoms with Crippen LogP contribution in [0.1, 0.15) is 23.4 Å². The number of nitrogens with zero attached hydrogens (tertiary/aromatic N) is 4. The highest BCUT2D eigenvalue weighted by atomic mass is 127. The third-order valence-corrected chi connectivity index (χ3v) is 4.37. The lowest BCUT2D eigenvalue weighted by Crippen LogP contribution is -2.41. The number of hydrogen-bond donors (Lipinski definition) is 2. The van der Waals surface area contributed by atoms with Gasteiger partial charge in [0.25, 0.3) is 0 Å². The van der Waals surface area contributed by atoms with E-state index in [2.05, 4.69) is 70.4 Å². The lowest BCUT2D eigenvalue weighted by Gasteiger charge is -2.24. The fourth-order valence-electron chi connectivity index (χ4n) is 2.31. The molecule has 2 aromatic rings. The van der Waals surface area contributed by atoms with Gasteiger partial charge in [-0.15, -0.1) is 35.3 Å². The van der Waals surface area contributed by atoms with Crippen molar-refractivity contribution in [2.45, 2.75) is 19.5 Å². The van der Waals surface area contributed by atoms with Crippen molar-refractivity contribution in [3.8, 4) is 0 Å². The third-order valence-electron chi connectivity index (χ3n) is 3.51. The van der Waals surface area contributed by atoms with E-state index in [-0.39, 0.29) is 30.0 Å². The van der Waals surface area contributed by atoms with Crippen LogP contribution in [-0.2, 0) is 13.6 Å². The highest BCUT2D eigenvalue weighted by molar-refractivity contribution is 14.0. The number of rotatable bonds is 7. The lowest BCUT2D eigenvalue weighted by atomic mass is 10.1. The number of halogens is 1. The molecule has 0 fully saturated rings. The molecule has 8 heteroatoms. The summed E-state index contributed by atoms with van der Waals surface area (Å²) in [6.07, 6.45) is 3.98. The van der Waals surface area contributed by atoms with Crippen molar-refractivity contribution in [2.75, 3.05) is 27.2 Å². The van der Waals surface area contributed by atoms with Crippen LogP contribution in [0.5, 0.6) is 0 Å². The Balaban J connectivity index is 0.00000288. The van der Waals surface area contributed by atoms with Gasteiger partial charge in [0.1, 0.15) is 0 Å². The molecule has 134 valence electrons. The Morgan fingerprint density at radius 1 is 1.42 bits per heavy atom. The first-order valence-electron chi connectivity index (χ1n) is 7.79. The summed E-state index contributed by atoms with van der Waals surface area (Å²) in [6, 6.07) is 4.41. The fourth-order valence-corrected chi connectivity index (χ4v) is 2.93. The Morgan fingerprint density at radius 2 is 2.21 bits per heavy atom. The van der Waals surface area contributed by atoms with E-state index in [4.69, 9.17) is 0 Å². The van der Waals surface area contributed by atoms with Crippen molar-refractivity contribution < 1.29 is 0 Å². The van der Waals surface area contributed by atoms with Gasteiger partial charge in [-0.25, -0.2) is 4.99 Å². The van der Waals surface area contributed by atoms with E-state index in [1.807, 2.05) is 17.9 Å². The van der Waals surface area contributed by atoms with Gasteiger partial charge in [0.05, 0.1) is 18.8 Å². The minimum Gasteiger partial charge on any atom is -0.357 e. The number of hydrogen-bond acceptors (Lipinski definition) is 4. The molecule has 0 bridgehead atoms. The van der Waals surface area contributed by atoms with E-state index in [0.717, 1.165) is 19.0 Å². The number of aliphatic imine (C=N–C) groups is 1. The largest absolute Gasteiger partial charge is 0.357 e. The average molecular weight is 462 g/mol. The van der Waals surface area contributed by atoms with Gasteiger partial charge in [-0.3, -0.25) is 4.68 Å². The van der Waals surface area contributed by atoms with E-state index >= 15 is 0 Å². The smallest absolute Gasteiger partial charge is 0.191 e. The number of likely N-dealkylation sites (N-methyl/N-ethyl adjacent to an activating group) is 1. The molecule has 24 heavy (non-hydrogen) atoms. The lowest BCUT2D eigenvalue weighted by molar-refractivity contribution is 0.298. The highest BCUT2D eigenvalue weighted by Gasteiger charge is 2.16. The van der Waals surface area contributed by atoms with Gasteiger partial charge in [-0.1, -0.05) is 6.07 Å². The molecule has 0 saturated carbocycles. The Morgan fingerprint density at radius 3 is 2.75 bits per heavy atom. The standard InChI is InChI=1S/C16H26N6S.HI/c1-5-17-16(18-10-14-7-6-8-23-14)19-11-15(21(2)3)13-9-20-22(4)12-13;/h6-9,12,15H,5,10-11H2,1-4H3,(H2,17,18,19);1H. The quantitative estimate of drug-likeness (QED) is 0.377. The molecule has 0 aliphatic rings. The number of nitrogens with one attached hydrogen (secondary N) is 2. The molecular formula is C16H27IN6S. The van der Waals surface area contributed by atoms with Gasteiger partial charge < -0.3 is 15.5 Å². The third kappa shape index (κ3) is 6.40. The van der Waals surface area contributed by atoms with E-state index in [1.165, 1.54) is 10.4 Å². The summed E-state index contributed by atoms with van der Waals surface area (Å²) in [4.78, 5) is 8.10.